The highest BCUT2D eigenvalue weighted by atomic mass is 35.5. The van der Waals surface area contributed by atoms with Crippen LogP contribution in [0.25, 0.3) is 11.3 Å². The number of thiophene rings is 1. The summed E-state index contributed by atoms with van der Waals surface area (Å²) in [5, 5.41) is 1.11. The zero-order chi connectivity index (χ0) is 19.2. The Hall–Kier alpha value is -1.67. The minimum Gasteiger partial charge on any atom is -0.378 e. The molecule has 0 unspecified atom stereocenters. The van der Waals surface area contributed by atoms with Crippen molar-refractivity contribution >= 4 is 34.7 Å². The van der Waals surface area contributed by atoms with Crippen LogP contribution in [0.5, 0.6) is 0 Å². The molecule has 0 aromatic carbocycles. The Bertz CT molecular complexity index is 748. The van der Waals surface area contributed by atoms with Gasteiger partial charge in [0.2, 0.25) is 0 Å². The van der Waals surface area contributed by atoms with E-state index >= 15 is 0 Å². The Morgan fingerprint density at radius 3 is 2.61 bits per heavy atom. The third-order valence-electron chi connectivity index (χ3n) is 4.65. The van der Waals surface area contributed by atoms with Gasteiger partial charge in [0.15, 0.2) is 0 Å². The third kappa shape index (κ3) is 5.44. The number of aromatic nitrogens is 1. The molecular weight excluding hydrogens is 396 g/mol. The summed E-state index contributed by atoms with van der Waals surface area (Å²) in [5.41, 5.74) is 1.94. The van der Waals surface area contributed by atoms with Crippen molar-refractivity contribution in [3.63, 3.8) is 0 Å². The van der Waals surface area contributed by atoms with Gasteiger partial charge in [-0.25, -0.2) is 0 Å². The first kappa shape index (κ1) is 22.6. The summed E-state index contributed by atoms with van der Waals surface area (Å²) in [6.45, 7) is 7.43. The van der Waals surface area contributed by atoms with Crippen molar-refractivity contribution in [3.8, 4) is 11.3 Å². The Morgan fingerprint density at radius 1 is 1.25 bits per heavy atom. The average molecular weight is 425 g/mol. The van der Waals surface area contributed by atoms with Crippen LogP contribution in [-0.4, -0.2) is 80.7 Å². The molecule has 0 aliphatic carbocycles. The second kappa shape index (κ2) is 10.8. The molecule has 0 atom stereocenters. The van der Waals surface area contributed by atoms with E-state index in [-0.39, 0.29) is 18.3 Å². The number of hydrogen-bond acceptors (Lipinski definition) is 6. The maximum Gasteiger partial charge on any atom is 0.264 e. The predicted molar refractivity (Wildman–Crippen MR) is 118 cm³/mol. The number of pyridine rings is 1. The first-order chi connectivity index (χ1) is 13.1. The van der Waals surface area contributed by atoms with Crippen LogP contribution >= 0.6 is 23.7 Å². The van der Waals surface area contributed by atoms with Crippen LogP contribution in [0.15, 0.2) is 30.5 Å². The van der Waals surface area contributed by atoms with E-state index in [1.165, 1.54) is 0 Å². The van der Waals surface area contributed by atoms with Crippen molar-refractivity contribution in [1.29, 1.82) is 0 Å². The number of carbonyl (C=O) groups excluding carboxylic acids is 1. The zero-order valence-electron chi connectivity index (χ0n) is 16.8. The molecular formula is C20H29ClN4O2S. The number of amides is 1. The van der Waals surface area contributed by atoms with E-state index in [1.807, 2.05) is 50.2 Å². The smallest absolute Gasteiger partial charge is 0.264 e. The molecule has 6 nitrogen and oxygen atoms in total. The van der Waals surface area contributed by atoms with Crippen molar-refractivity contribution < 1.29 is 9.53 Å². The summed E-state index contributed by atoms with van der Waals surface area (Å²) in [6, 6.07) is 7.92. The molecule has 1 saturated heterocycles. The molecule has 0 saturated carbocycles. The fraction of sp³-hybridized carbons (Fsp3) is 0.500. The lowest BCUT2D eigenvalue weighted by Gasteiger charge is -2.28. The summed E-state index contributed by atoms with van der Waals surface area (Å²) < 4.78 is 5.50. The SMILES string of the molecule is CCN(CCN(C)C)C(=O)c1cc(-c2ccccn2)c(N2CCOCC2)s1.Cl. The monoisotopic (exact) mass is 424 g/mol. The topological polar surface area (TPSA) is 48.9 Å². The van der Waals surface area contributed by atoms with Gasteiger partial charge in [0.05, 0.1) is 23.8 Å². The quantitative estimate of drug-likeness (QED) is 0.683. The van der Waals surface area contributed by atoms with Crippen molar-refractivity contribution in [2.24, 2.45) is 0 Å². The number of nitrogens with zero attached hydrogens (tertiary/aromatic N) is 4. The first-order valence-corrected chi connectivity index (χ1v) is 10.2. The van der Waals surface area contributed by atoms with Gasteiger partial charge in [-0.1, -0.05) is 6.07 Å². The Morgan fingerprint density at radius 2 is 2.00 bits per heavy atom. The third-order valence-corrected chi connectivity index (χ3v) is 5.83. The number of ether oxygens (including phenoxy) is 1. The summed E-state index contributed by atoms with van der Waals surface area (Å²) in [4.78, 5) is 24.7. The highest BCUT2D eigenvalue weighted by Gasteiger charge is 2.24. The molecule has 154 valence electrons. The molecule has 2 aromatic rings. The normalized spacial score (nSPS) is 14.1. The molecule has 1 aliphatic heterocycles. The van der Waals surface area contributed by atoms with E-state index in [0.29, 0.717) is 19.8 Å². The van der Waals surface area contributed by atoms with Gasteiger partial charge in [0.1, 0.15) is 5.00 Å². The molecule has 28 heavy (non-hydrogen) atoms. The molecule has 3 rings (SSSR count). The summed E-state index contributed by atoms with van der Waals surface area (Å²) >= 11 is 1.57. The van der Waals surface area contributed by atoms with Crippen LogP contribution in [0, 0.1) is 0 Å². The molecule has 1 fully saturated rings. The van der Waals surface area contributed by atoms with Crippen molar-refractivity contribution in [3.05, 3.63) is 35.3 Å². The van der Waals surface area contributed by atoms with Gasteiger partial charge in [-0.3, -0.25) is 9.78 Å². The van der Waals surface area contributed by atoms with Gasteiger partial charge < -0.3 is 19.4 Å². The summed E-state index contributed by atoms with van der Waals surface area (Å²) in [5.74, 6) is 0.0982. The molecule has 0 spiro atoms. The van der Waals surface area contributed by atoms with E-state index in [2.05, 4.69) is 14.8 Å². The van der Waals surface area contributed by atoms with Crippen LogP contribution in [0.4, 0.5) is 5.00 Å². The van der Waals surface area contributed by atoms with Gasteiger partial charge in [0.25, 0.3) is 5.91 Å². The minimum atomic E-state index is 0. The largest absolute Gasteiger partial charge is 0.378 e. The molecule has 0 N–H and O–H groups in total. The maximum absolute atomic E-state index is 13.1. The van der Waals surface area contributed by atoms with Crippen LogP contribution < -0.4 is 4.90 Å². The first-order valence-electron chi connectivity index (χ1n) is 9.42. The second-order valence-corrected chi connectivity index (χ2v) is 7.86. The second-order valence-electron chi connectivity index (χ2n) is 6.83. The average Bonchev–Trinajstić information content (AvgIpc) is 3.15. The number of anilines is 1. The minimum absolute atomic E-state index is 0. The van der Waals surface area contributed by atoms with Gasteiger partial charge in [-0.05, 0) is 39.2 Å². The van der Waals surface area contributed by atoms with Crippen LogP contribution in [0.3, 0.4) is 0 Å². The number of carbonyl (C=O) groups is 1. The summed E-state index contributed by atoms with van der Waals surface area (Å²) in [6.07, 6.45) is 1.80. The lowest BCUT2D eigenvalue weighted by molar-refractivity contribution is 0.0759. The fourth-order valence-corrected chi connectivity index (χ4v) is 4.26. The summed E-state index contributed by atoms with van der Waals surface area (Å²) in [7, 11) is 4.05. The molecule has 0 bridgehead atoms. The lowest BCUT2D eigenvalue weighted by Crippen LogP contribution is -2.36. The van der Waals surface area contributed by atoms with Crippen LogP contribution in [-0.2, 0) is 4.74 Å². The Kier molecular flexibility index (Phi) is 8.69. The van der Waals surface area contributed by atoms with Crippen molar-refractivity contribution in [2.45, 2.75) is 6.92 Å². The number of rotatable bonds is 7. The zero-order valence-corrected chi connectivity index (χ0v) is 18.4. The Balaban J connectivity index is 0.00000280. The molecule has 8 heteroatoms. The molecule has 1 amide bonds. The van der Waals surface area contributed by atoms with E-state index in [4.69, 9.17) is 4.74 Å². The molecule has 0 radical (unpaired) electrons. The number of morpholine rings is 1. The highest BCUT2D eigenvalue weighted by Crippen LogP contribution is 2.39. The van der Waals surface area contributed by atoms with Crippen LogP contribution in [0.1, 0.15) is 16.6 Å². The van der Waals surface area contributed by atoms with E-state index in [1.54, 1.807) is 17.5 Å². The standard InChI is InChI=1S/C20H28N4O2S.ClH/c1-4-23(10-9-22(2)3)19(25)18-15-16(17-7-5-6-8-21-17)20(27-18)24-11-13-26-14-12-24;/h5-8,15H,4,9-14H2,1-3H3;1H. The van der Waals surface area contributed by atoms with E-state index in [9.17, 15) is 4.79 Å². The van der Waals surface area contributed by atoms with Gasteiger partial charge in [-0.15, -0.1) is 23.7 Å². The number of hydrogen-bond donors (Lipinski definition) is 0. The van der Waals surface area contributed by atoms with E-state index in [0.717, 1.165) is 47.3 Å². The van der Waals surface area contributed by atoms with Gasteiger partial charge in [-0.2, -0.15) is 0 Å². The molecule has 3 heterocycles. The number of halogens is 1. The van der Waals surface area contributed by atoms with E-state index < -0.39 is 0 Å². The fourth-order valence-electron chi connectivity index (χ4n) is 3.07. The molecule has 1 aliphatic rings. The van der Waals surface area contributed by atoms with Gasteiger partial charge >= 0.3 is 0 Å². The lowest BCUT2D eigenvalue weighted by atomic mass is 10.1. The van der Waals surface area contributed by atoms with Gasteiger partial charge in [0, 0.05) is 44.5 Å². The predicted octanol–water partition coefficient (Wildman–Crippen LogP) is 3.09. The van der Waals surface area contributed by atoms with Crippen molar-refractivity contribution in [1.82, 2.24) is 14.8 Å². The molecule has 2 aromatic heterocycles. The van der Waals surface area contributed by atoms with Crippen molar-refractivity contribution in [2.75, 3.05) is 64.9 Å². The highest BCUT2D eigenvalue weighted by molar-refractivity contribution is 7.18. The maximum atomic E-state index is 13.1. The number of likely N-dealkylation sites (N-methyl/N-ethyl adjacent to an activating group) is 2. The van der Waals surface area contributed by atoms with Crippen LogP contribution in [0.2, 0.25) is 0 Å². The Labute approximate surface area is 177 Å².